The van der Waals surface area contributed by atoms with E-state index in [9.17, 15) is 0 Å². The second-order valence-electron chi connectivity index (χ2n) is 8.55. The van der Waals surface area contributed by atoms with E-state index in [4.69, 9.17) is 5.73 Å². The maximum Gasteiger partial charge on any atom is 0.221 e. The fourth-order valence-electron chi connectivity index (χ4n) is 4.67. The lowest BCUT2D eigenvalue weighted by molar-refractivity contribution is 0.380. The highest BCUT2D eigenvalue weighted by atomic mass is 32.1. The molecule has 0 unspecified atom stereocenters. The van der Waals surface area contributed by atoms with Gasteiger partial charge in [0.05, 0.1) is 11.7 Å². The third kappa shape index (κ3) is 3.92. The molecule has 4 N–H and O–H groups in total. The van der Waals surface area contributed by atoms with Crippen LogP contribution < -0.4 is 16.0 Å². The molecule has 0 bridgehead atoms. The van der Waals surface area contributed by atoms with Crippen molar-refractivity contribution in [3.05, 3.63) is 60.9 Å². The minimum absolute atomic E-state index is 0.289. The number of nitrogen functional groups attached to an aromatic ring is 1. The first-order chi connectivity index (χ1) is 16.2. The van der Waals surface area contributed by atoms with E-state index in [0.717, 1.165) is 60.4 Å². The molecule has 7 nitrogen and oxygen atoms in total. The Hall–Kier alpha value is -3.49. The Morgan fingerprint density at radius 2 is 1.94 bits per heavy atom. The first kappa shape index (κ1) is 20.1. The summed E-state index contributed by atoms with van der Waals surface area (Å²) in [6.45, 7) is 2.99. The minimum Gasteiger partial charge on any atom is -0.368 e. The van der Waals surface area contributed by atoms with Crippen LogP contribution in [0.5, 0.6) is 0 Å². The van der Waals surface area contributed by atoms with Crippen LogP contribution in [0.2, 0.25) is 0 Å². The van der Waals surface area contributed by atoms with E-state index in [1.165, 1.54) is 15.0 Å². The second-order valence-corrected chi connectivity index (χ2v) is 9.64. The van der Waals surface area contributed by atoms with Gasteiger partial charge in [-0.3, -0.25) is 5.10 Å². The highest BCUT2D eigenvalue weighted by Crippen LogP contribution is 2.40. The highest BCUT2D eigenvalue weighted by molar-refractivity contribution is 7.22. The molecule has 1 fully saturated rings. The summed E-state index contributed by atoms with van der Waals surface area (Å²) in [5.74, 6) is 1.69. The molecule has 0 amide bonds. The Labute approximate surface area is 195 Å². The topological polar surface area (TPSA) is 95.8 Å². The predicted molar refractivity (Wildman–Crippen MR) is 136 cm³/mol. The number of hydrogen-bond donors (Lipinski definition) is 3. The van der Waals surface area contributed by atoms with Crippen LogP contribution in [0.1, 0.15) is 12.8 Å². The maximum atomic E-state index is 5.97. The van der Waals surface area contributed by atoms with Crippen LogP contribution >= 0.6 is 11.3 Å². The standard InChI is InChI=1S/C25H25N7S/c26-25-28-10-7-23(30-25)32(15-16-5-8-27-9-6-16)19-11-18-14-29-31-24(18)20(13-19)22-12-17-3-1-2-4-21(17)33-22/h1-4,7,10-14,16,27H,5-6,8-9,15H2,(H,29,31)(H2,26,28,30). The monoisotopic (exact) mass is 455 g/mol. The molecule has 2 aromatic carbocycles. The molecule has 4 heterocycles. The van der Waals surface area contributed by atoms with Gasteiger partial charge in [0.25, 0.3) is 0 Å². The molecule has 0 aliphatic carbocycles. The van der Waals surface area contributed by atoms with E-state index in [2.05, 4.69) is 72.8 Å². The molecule has 8 heteroatoms. The van der Waals surface area contributed by atoms with Crippen molar-refractivity contribution in [1.82, 2.24) is 25.5 Å². The van der Waals surface area contributed by atoms with Crippen LogP contribution in [0.15, 0.2) is 60.9 Å². The molecule has 0 saturated carbocycles. The Morgan fingerprint density at radius 3 is 2.79 bits per heavy atom. The van der Waals surface area contributed by atoms with Gasteiger partial charge in [0, 0.05) is 39.0 Å². The van der Waals surface area contributed by atoms with Crippen molar-refractivity contribution in [2.75, 3.05) is 30.3 Å². The van der Waals surface area contributed by atoms with Crippen LogP contribution in [-0.2, 0) is 0 Å². The second kappa shape index (κ2) is 8.46. The lowest BCUT2D eigenvalue weighted by atomic mass is 9.97. The molecule has 0 atom stereocenters. The maximum absolute atomic E-state index is 5.97. The van der Waals surface area contributed by atoms with Crippen molar-refractivity contribution in [2.24, 2.45) is 5.92 Å². The summed E-state index contributed by atoms with van der Waals surface area (Å²) in [6, 6.07) is 17.2. The van der Waals surface area contributed by atoms with Gasteiger partial charge in [0.15, 0.2) is 0 Å². The molecule has 1 aliphatic heterocycles. The van der Waals surface area contributed by atoms with E-state index in [0.29, 0.717) is 5.92 Å². The number of aromatic amines is 1. The summed E-state index contributed by atoms with van der Waals surface area (Å²) in [7, 11) is 0. The van der Waals surface area contributed by atoms with Crippen molar-refractivity contribution < 1.29 is 0 Å². The molecule has 5 aromatic rings. The summed E-state index contributed by atoms with van der Waals surface area (Å²) in [5.41, 5.74) is 9.27. The van der Waals surface area contributed by atoms with Gasteiger partial charge in [-0.1, -0.05) is 18.2 Å². The normalized spacial score (nSPS) is 14.8. The quantitative estimate of drug-likeness (QED) is 0.347. The number of aromatic nitrogens is 4. The number of H-pyrrole nitrogens is 1. The number of piperidine rings is 1. The van der Waals surface area contributed by atoms with Crippen molar-refractivity contribution in [2.45, 2.75) is 12.8 Å². The van der Waals surface area contributed by atoms with Crippen LogP contribution in [0.3, 0.4) is 0 Å². The van der Waals surface area contributed by atoms with Gasteiger partial charge < -0.3 is 16.0 Å². The summed E-state index contributed by atoms with van der Waals surface area (Å²) >= 11 is 1.80. The first-order valence-electron chi connectivity index (χ1n) is 11.3. The van der Waals surface area contributed by atoms with E-state index in [-0.39, 0.29) is 5.95 Å². The van der Waals surface area contributed by atoms with Crippen LogP contribution in [0, 0.1) is 5.92 Å². The number of nitrogens with one attached hydrogen (secondary N) is 2. The zero-order valence-electron chi connectivity index (χ0n) is 18.2. The van der Waals surface area contributed by atoms with Gasteiger partial charge in [-0.25, -0.2) is 4.98 Å². The van der Waals surface area contributed by atoms with Crippen molar-refractivity contribution in [3.8, 4) is 10.4 Å². The van der Waals surface area contributed by atoms with E-state index in [1.807, 2.05) is 12.3 Å². The van der Waals surface area contributed by atoms with Crippen molar-refractivity contribution in [3.63, 3.8) is 0 Å². The third-order valence-electron chi connectivity index (χ3n) is 6.37. The molecule has 1 aliphatic rings. The summed E-state index contributed by atoms with van der Waals surface area (Å²) in [4.78, 5) is 12.2. The Morgan fingerprint density at radius 1 is 1.06 bits per heavy atom. The van der Waals surface area contributed by atoms with Gasteiger partial charge in [-0.2, -0.15) is 10.1 Å². The van der Waals surface area contributed by atoms with E-state index in [1.54, 1.807) is 17.5 Å². The average molecular weight is 456 g/mol. The molecule has 3 aromatic heterocycles. The summed E-state index contributed by atoms with van der Waals surface area (Å²) in [6.07, 6.45) is 5.92. The molecular weight excluding hydrogens is 430 g/mol. The van der Waals surface area contributed by atoms with Crippen LogP contribution in [0.25, 0.3) is 31.4 Å². The largest absolute Gasteiger partial charge is 0.368 e. The number of nitrogens with two attached hydrogens (primary N) is 1. The number of hydrogen-bond acceptors (Lipinski definition) is 7. The van der Waals surface area contributed by atoms with Gasteiger partial charge in [-0.15, -0.1) is 11.3 Å². The number of thiophene rings is 1. The molecule has 33 heavy (non-hydrogen) atoms. The summed E-state index contributed by atoms with van der Waals surface area (Å²) < 4.78 is 1.28. The molecule has 1 saturated heterocycles. The van der Waals surface area contributed by atoms with Crippen LogP contribution in [0.4, 0.5) is 17.5 Å². The van der Waals surface area contributed by atoms with Gasteiger partial charge >= 0.3 is 0 Å². The molecule has 0 spiro atoms. The zero-order valence-corrected chi connectivity index (χ0v) is 19.0. The molecule has 166 valence electrons. The Bertz CT molecular complexity index is 1380. The fraction of sp³-hybridized carbons (Fsp3) is 0.240. The zero-order chi connectivity index (χ0) is 22.2. The number of benzene rings is 2. The average Bonchev–Trinajstić information content (AvgIpc) is 3.49. The van der Waals surface area contributed by atoms with Crippen LogP contribution in [-0.4, -0.2) is 39.8 Å². The smallest absolute Gasteiger partial charge is 0.221 e. The Kier molecular flexibility index (Phi) is 5.16. The number of nitrogens with zero attached hydrogens (tertiary/aromatic N) is 4. The van der Waals surface area contributed by atoms with Gasteiger partial charge in [0.1, 0.15) is 5.82 Å². The first-order valence-corrected chi connectivity index (χ1v) is 12.1. The van der Waals surface area contributed by atoms with Crippen molar-refractivity contribution in [1.29, 1.82) is 0 Å². The molecule has 6 rings (SSSR count). The van der Waals surface area contributed by atoms with E-state index >= 15 is 0 Å². The lowest BCUT2D eigenvalue weighted by Gasteiger charge is -2.31. The molecule has 0 radical (unpaired) electrons. The van der Waals surface area contributed by atoms with Crippen molar-refractivity contribution >= 4 is 49.8 Å². The summed E-state index contributed by atoms with van der Waals surface area (Å²) in [5, 5.41) is 13.4. The minimum atomic E-state index is 0.289. The highest BCUT2D eigenvalue weighted by Gasteiger charge is 2.22. The fourth-order valence-corrected chi connectivity index (χ4v) is 5.76. The number of fused-ring (bicyclic) bond motifs is 2. The Balaban J connectivity index is 1.49. The SMILES string of the molecule is Nc1nccc(N(CC2CCNCC2)c2cc(-c3cc4ccccc4s3)c3[nH]ncc3c2)n1. The van der Waals surface area contributed by atoms with Gasteiger partial charge in [0.2, 0.25) is 5.95 Å². The number of anilines is 3. The number of rotatable bonds is 5. The lowest BCUT2D eigenvalue weighted by Crippen LogP contribution is -2.34. The van der Waals surface area contributed by atoms with E-state index < -0.39 is 0 Å². The molecular formula is C25H25N7S. The predicted octanol–water partition coefficient (Wildman–Crippen LogP) is 4.95. The third-order valence-corrected chi connectivity index (χ3v) is 7.52. The van der Waals surface area contributed by atoms with Gasteiger partial charge in [-0.05, 0) is 67.6 Å².